The highest BCUT2D eigenvalue weighted by Gasteiger charge is 2.15. The summed E-state index contributed by atoms with van der Waals surface area (Å²) in [6.07, 6.45) is 2.24. The zero-order valence-electron chi connectivity index (χ0n) is 11.6. The monoisotopic (exact) mass is 338 g/mol. The maximum atomic E-state index is 12.1. The molecule has 22 heavy (non-hydrogen) atoms. The van der Waals surface area contributed by atoms with E-state index in [0.29, 0.717) is 26.5 Å². The lowest BCUT2D eigenvalue weighted by atomic mass is 10.1. The first-order chi connectivity index (χ1) is 10.5. The molecule has 114 valence electrons. The number of benzene rings is 1. The molecule has 0 spiro atoms. The quantitative estimate of drug-likeness (QED) is 0.794. The Kier molecular flexibility index (Phi) is 3.90. The number of rotatable bonds is 3. The second kappa shape index (κ2) is 5.72. The fraction of sp³-hybridized carbons (Fsp3) is 0.214. The molecule has 1 aromatic carbocycles. The van der Waals surface area contributed by atoms with Gasteiger partial charge in [0.25, 0.3) is 5.56 Å². The minimum Gasteiger partial charge on any atom is -0.386 e. The van der Waals surface area contributed by atoms with Gasteiger partial charge in [-0.05, 0) is 17.7 Å². The van der Waals surface area contributed by atoms with Crippen molar-refractivity contribution in [3.05, 3.63) is 56.6 Å². The molecule has 0 saturated carbocycles. The lowest BCUT2D eigenvalue weighted by Gasteiger charge is -2.12. The van der Waals surface area contributed by atoms with Crippen LogP contribution in [-0.2, 0) is 13.6 Å². The Labute approximate surface area is 135 Å². The van der Waals surface area contributed by atoms with Crippen LogP contribution in [0.15, 0.2) is 35.4 Å². The number of nitrogens with zero attached hydrogens (tertiary/aromatic N) is 4. The van der Waals surface area contributed by atoms with E-state index in [2.05, 4.69) is 10.2 Å². The number of hydrogen-bond acceptors (Lipinski definition) is 4. The first kappa shape index (κ1) is 15.0. The van der Waals surface area contributed by atoms with Crippen LogP contribution in [0, 0.1) is 0 Å². The van der Waals surface area contributed by atoms with E-state index in [1.54, 1.807) is 37.6 Å². The van der Waals surface area contributed by atoms with Gasteiger partial charge in [0.2, 0.25) is 0 Å². The first-order valence-corrected chi connectivity index (χ1v) is 7.24. The van der Waals surface area contributed by atoms with Crippen LogP contribution < -0.4 is 5.56 Å². The maximum absolute atomic E-state index is 12.1. The maximum Gasteiger partial charge on any atom is 0.292 e. The van der Waals surface area contributed by atoms with Crippen LogP contribution in [0.2, 0.25) is 10.0 Å². The third-order valence-electron chi connectivity index (χ3n) is 3.41. The SMILES string of the molecule is Cn1ncc2cnn(C[C@H](O)c3ccc(Cl)c(Cl)c3)c2c1=O. The molecule has 8 heteroatoms. The van der Waals surface area contributed by atoms with Gasteiger partial charge in [-0.3, -0.25) is 9.48 Å². The molecule has 0 saturated heterocycles. The number of halogens is 2. The number of fused-ring (bicyclic) bond motifs is 1. The molecule has 0 fully saturated rings. The van der Waals surface area contributed by atoms with E-state index in [-0.39, 0.29) is 12.1 Å². The van der Waals surface area contributed by atoms with Gasteiger partial charge in [0.1, 0.15) is 5.52 Å². The molecule has 0 aliphatic heterocycles. The average Bonchev–Trinajstić information content (AvgIpc) is 2.89. The summed E-state index contributed by atoms with van der Waals surface area (Å²) in [4.78, 5) is 12.1. The van der Waals surface area contributed by atoms with Gasteiger partial charge >= 0.3 is 0 Å². The zero-order valence-corrected chi connectivity index (χ0v) is 13.1. The average molecular weight is 339 g/mol. The van der Waals surface area contributed by atoms with Crippen LogP contribution in [0.1, 0.15) is 11.7 Å². The van der Waals surface area contributed by atoms with E-state index in [1.165, 1.54) is 9.36 Å². The van der Waals surface area contributed by atoms with Gasteiger partial charge in [-0.25, -0.2) is 4.68 Å². The predicted molar refractivity (Wildman–Crippen MR) is 84.2 cm³/mol. The van der Waals surface area contributed by atoms with Crippen molar-refractivity contribution >= 4 is 34.1 Å². The Balaban J connectivity index is 1.97. The molecule has 0 radical (unpaired) electrons. The van der Waals surface area contributed by atoms with Gasteiger partial charge in [0, 0.05) is 12.4 Å². The lowest BCUT2D eigenvalue weighted by molar-refractivity contribution is 0.153. The summed E-state index contributed by atoms with van der Waals surface area (Å²) in [5.74, 6) is 0. The molecular weight excluding hydrogens is 327 g/mol. The summed E-state index contributed by atoms with van der Waals surface area (Å²) < 4.78 is 2.69. The van der Waals surface area contributed by atoms with Gasteiger partial charge < -0.3 is 5.11 Å². The summed E-state index contributed by atoms with van der Waals surface area (Å²) in [7, 11) is 1.56. The molecule has 0 amide bonds. The summed E-state index contributed by atoms with van der Waals surface area (Å²) in [6, 6.07) is 4.90. The van der Waals surface area contributed by atoms with Crippen molar-refractivity contribution in [1.82, 2.24) is 19.6 Å². The standard InChI is InChI=1S/C14H12Cl2N4O2/c1-19-14(22)13-9(5-17-19)6-18-20(13)7-12(21)8-2-3-10(15)11(16)4-8/h2-6,12,21H,7H2,1H3/t12-/m0/s1. The Morgan fingerprint density at radius 1 is 1.23 bits per heavy atom. The second-order valence-electron chi connectivity index (χ2n) is 4.89. The normalized spacial score (nSPS) is 12.7. The van der Waals surface area contributed by atoms with Crippen molar-refractivity contribution in [3.63, 3.8) is 0 Å². The predicted octanol–water partition coefficient (Wildman–Crippen LogP) is 2.17. The molecule has 3 aromatic rings. The third-order valence-corrected chi connectivity index (χ3v) is 4.15. The first-order valence-electron chi connectivity index (χ1n) is 6.48. The highest BCUT2D eigenvalue weighted by atomic mass is 35.5. The van der Waals surface area contributed by atoms with Crippen molar-refractivity contribution < 1.29 is 5.11 Å². The Bertz CT molecular complexity index is 903. The molecule has 3 rings (SSSR count). The molecule has 2 heterocycles. The highest BCUT2D eigenvalue weighted by Crippen LogP contribution is 2.26. The summed E-state index contributed by atoms with van der Waals surface area (Å²) in [6.45, 7) is 0.126. The van der Waals surface area contributed by atoms with Crippen LogP contribution in [0.5, 0.6) is 0 Å². The molecule has 0 aliphatic carbocycles. The van der Waals surface area contributed by atoms with Gasteiger partial charge in [0.15, 0.2) is 0 Å². The molecule has 2 aromatic heterocycles. The largest absolute Gasteiger partial charge is 0.386 e. The van der Waals surface area contributed by atoms with Crippen LogP contribution in [-0.4, -0.2) is 24.7 Å². The van der Waals surface area contributed by atoms with E-state index in [1.807, 2.05) is 0 Å². The van der Waals surface area contributed by atoms with Gasteiger partial charge in [-0.15, -0.1) is 0 Å². The minimum atomic E-state index is -0.865. The zero-order chi connectivity index (χ0) is 15.9. The van der Waals surface area contributed by atoms with E-state index >= 15 is 0 Å². The van der Waals surface area contributed by atoms with Crippen molar-refractivity contribution in [3.8, 4) is 0 Å². The molecule has 1 atom stereocenters. The topological polar surface area (TPSA) is 72.9 Å². The van der Waals surface area contributed by atoms with Gasteiger partial charge in [0.05, 0.1) is 35.1 Å². The number of aryl methyl sites for hydroxylation is 1. The second-order valence-corrected chi connectivity index (χ2v) is 5.71. The summed E-state index contributed by atoms with van der Waals surface area (Å²) >= 11 is 11.8. The van der Waals surface area contributed by atoms with Crippen LogP contribution in [0.3, 0.4) is 0 Å². The van der Waals surface area contributed by atoms with Crippen LogP contribution in [0.4, 0.5) is 0 Å². The molecule has 0 unspecified atom stereocenters. The number of hydrogen-bond donors (Lipinski definition) is 1. The molecule has 0 bridgehead atoms. The fourth-order valence-corrected chi connectivity index (χ4v) is 2.52. The Hall–Kier alpha value is -1.89. The molecule has 1 N–H and O–H groups in total. The van der Waals surface area contributed by atoms with E-state index in [9.17, 15) is 9.90 Å². The van der Waals surface area contributed by atoms with Crippen molar-refractivity contribution in [1.29, 1.82) is 0 Å². The number of aliphatic hydroxyl groups is 1. The van der Waals surface area contributed by atoms with Gasteiger partial charge in [-0.1, -0.05) is 29.3 Å². The number of aromatic nitrogens is 4. The van der Waals surface area contributed by atoms with Crippen LogP contribution in [0.25, 0.3) is 10.9 Å². The smallest absolute Gasteiger partial charge is 0.292 e. The Morgan fingerprint density at radius 3 is 2.68 bits per heavy atom. The van der Waals surface area contributed by atoms with E-state index in [4.69, 9.17) is 23.2 Å². The molecule has 6 nitrogen and oxygen atoms in total. The fourth-order valence-electron chi connectivity index (χ4n) is 2.21. The lowest BCUT2D eigenvalue weighted by Crippen LogP contribution is -2.22. The molecular formula is C14H12Cl2N4O2. The highest BCUT2D eigenvalue weighted by molar-refractivity contribution is 6.42. The summed E-state index contributed by atoms with van der Waals surface area (Å²) in [5, 5.41) is 19.8. The summed E-state index contributed by atoms with van der Waals surface area (Å²) in [5.41, 5.74) is 0.733. The van der Waals surface area contributed by atoms with Gasteiger partial charge in [-0.2, -0.15) is 10.2 Å². The Morgan fingerprint density at radius 2 is 1.95 bits per heavy atom. The number of aliphatic hydroxyl groups excluding tert-OH is 1. The van der Waals surface area contributed by atoms with Crippen molar-refractivity contribution in [2.24, 2.45) is 7.05 Å². The third kappa shape index (κ3) is 2.61. The minimum absolute atomic E-state index is 0.126. The molecule has 0 aliphatic rings. The van der Waals surface area contributed by atoms with Crippen molar-refractivity contribution in [2.45, 2.75) is 12.6 Å². The van der Waals surface area contributed by atoms with Crippen molar-refractivity contribution in [2.75, 3.05) is 0 Å². The van der Waals surface area contributed by atoms with Crippen LogP contribution >= 0.6 is 23.2 Å². The van der Waals surface area contributed by atoms with E-state index < -0.39 is 6.10 Å². The van der Waals surface area contributed by atoms with E-state index in [0.717, 1.165) is 0 Å².